The van der Waals surface area contributed by atoms with Gasteiger partial charge in [-0.1, -0.05) is 60.7 Å². The highest BCUT2D eigenvalue weighted by atomic mass is 19.4. The van der Waals surface area contributed by atoms with Crippen LogP contribution >= 0.6 is 0 Å². The summed E-state index contributed by atoms with van der Waals surface area (Å²) in [5.74, 6) is -0.593. The van der Waals surface area contributed by atoms with E-state index in [0.29, 0.717) is 5.69 Å². The summed E-state index contributed by atoms with van der Waals surface area (Å²) in [5.41, 5.74) is 2.53. The van der Waals surface area contributed by atoms with E-state index in [9.17, 15) is 18.0 Å². The number of amides is 1. The zero-order chi connectivity index (χ0) is 21.6. The quantitative estimate of drug-likeness (QED) is 0.606. The maximum absolute atomic E-state index is 12.7. The molecule has 0 fully saturated rings. The van der Waals surface area contributed by atoms with Crippen LogP contribution in [0, 0.1) is 0 Å². The van der Waals surface area contributed by atoms with Gasteiger partial charge in [0, 0.05) is 16.8 Å². The van der Waals surface area contributed by atoms with E-state index in [0.717, 1.165) is 23.3 Å². The molecule has 3 N–H and O–H groups in total. The van der Waals surface area contributed by atoms with E-state index < -0.39 is 12.4 Å². The topological polar surface area (TPSA) is 54.9 Å². The molecule has 4 nitrogen and oxygen atoms in total. The zero-order valence-corrected chi connectivity index (χ0v) is 16.3. The summed E-state index contributed by atoms with van der Waals surface area (Å²) < 4.78 is 40.6. The molecule has 0 aliphatic rings. The number of quaternary nitrogens is 1. The van der Waals surface area contributed by atoms with Crippen LogP contribution in [0.15, 0.2) is 84.9 Å². The lowest BCUT2D eigenvalue weighted by Gasteiger charge is -2.21. The van der Waals surface area contributed by atoms with Crippen molar-refractivity contribution in [1.29, 1.82) is 0 Å². The average Bonchev–Trinajstić information content (AvgIpc) is 2.73. The van der Waals surface area contributed by atoms with Gasteiger partial charge >= 0.3 is 6.36 Å². The summed E-state index contributed by atoms with van der Waals surface area (Å²) >= 11 is 0. The van der Waals surface area contributed by atoms with Gasteiger partial charge in [0.25, 0.3) is 5.91 Å². The molecule has 0 saturated carbocycles. The Morgan fingerprint density at radius 2 is 1.37 bits per heavy atom. The third-order valence-electron chi connectivity index (χ3n) is 4.57. The molecule has 7 heteroatoms. The largest absolute Gasteiger partial charge is 0.573 e. The molecule has 1 atom stereocenters. The fourth-order valence-electron chi connectivity index (χ4n) is 3.11. The average molecular weight is 415 g/mol. The Morgan fingerprint density at radius 1 is 0.867 bits per heavy atom. The van der Waals surface area contributed by atoms with E-state index in [-0.39, 0.29) is 17.7 Å². The van der Waals surface area contributed by atoms with E-state index in [4.69, 9.17) is 0 Å². The van der Waals surface area contributed by atoms with Crippen LogP contribution in [-0.4, -0.2) is 18.3 Å². The predicted molar refractivity (Wildman–Crippen MR) is 108 cm³/mol. The molecule has 3 rings (SSSR count). The second kappa shape index (κ2) is 9.45. The van der Waals surface area contributed by atoms with Crippen molar-refractivity contribution in [1.82, 2.24) is 0 Å². The molecule has 3 aromatic carbocycles. The monoisotopic (exact) mass is 415 g/mol. The number of nitrogens with one attached hydrogen (secondary N) is 1. The first-order valence-electron chi connectivity index (χ1n) is 9.43. The number of carbonyl (C=O) groups is 1. The van der Waals surface area contributed by atoms with E-state index in [1.165, 1.54) is 12.1 Å². The number of halogens is 3. The maximum Gasteiger partial charge on any atom is 0.573 e. The fraction of sp³-hybridized carbons (Fsp3) is 0.174. The normalized spacial score (nSPS) is 12.4. The molecule has 0 radical (unpaired) electrons. The van der Waals surface area contributed by atoms with Crippen LogP contribution in [0.5, 0.6) is 5.75 Å². The Balaban J connectivity index is 1.68. The number of alkyl halides is 3. The molecule has 30 heavy (non-hydrogen) atoms. The summed E-state index contributed by atoms with van der Waals surface area (Å²) in [6, 6.07) is 24.3. The number of rotatable bonds is 7. The molecule has 0 spiro atoms. The molecule has 0 heterocycles. The number of ether oxygens (including phenoxy) is 1. The van der Waals surface area contributed by atoms with Gasteiger partial charge in [-0.15, -0.1) is 13.2 Å². The van der Waals surface area contributed by atoms with Crippen molar-refractivity contribution >= 4 is 11.6 Å². The Labute approximate surface area is 172 Å². The fourth-order valence-corrected chi connectivity index (χ4v) is 3.11. The Morgan fingerprint density at radius 3 is 1.83 bits per heavy atom. The zero-order valence-electron chi connectivity index (χ0n) is 16.3. The summed E-state index contributed by atoms with van der Waals surface area (Å²) in [5, 5.41) is 4.69. The molecule has 0 unspecified atom stereocenters. The van der Waals surface area contributed by atoms with Gasteiger partial charge in [-0.2, -0.15) is 0 Å². The molecule has 3 aromatic rings. The van der Waals surface area contributed by atoms with Crippen molar-refractivity contribution in [2.24, 2.45) is 0 Å². The van der Waals surface area contributed by atoms with Gasteiger partial charge in [-0.25, -0.2) is 0 Å². The molecule has 0 aliphatic carbocycles. The second-order valence-electron chi connectivity index (χ2n) is 6.84. The highest BCUT2D eigenvalue weighted by Crippen LogP contribution is 2.24. The number of hydrogen-bond acceptors (Lipinski definition) is 2. The highest BCUT2D eigenvalue weighted by Gasteiger charge is 2.31. The number of anilines is 1. The van der Waals surface area contributed by atoms with Crippen LogP contribution in [0.1, 0.15) is 24.1 Å². The van der Waals surface area contributed by atoms with Crippen molar-refractivity contribution in [3.8, 4) is 5.75 Å². The van der Waals surface area contributed by atoms with Crippen LogP contribution in [0.4, 0.5) is 18.9 Å². The van der Waals surface area contributed by atoms with Gasteiger partial charge in [-0.05, 0) is 31.2 Å². The molecule has 0 saturated heterocycles. The van der Waals surface area contributed by atoms with Gasteiger partial charge in [0.05, 0.1) is 0 Å². The number of benzene rings is 3. The minimum Gasteiger partial charge on any atom is -0.406 e. The standard InChI is InChI=1S/C23H21F3N2O2/c1-16(22(29)28-19-12-14-20(15-13-19)30-23(24,25)26)27-21(17-8-4-2-5-9-17)18-10-6-3-7-11-18/h2-16,21,27H,1H3,(H,28,29)/p+1/t16-/m1/s1. The van der Waals surface area contributed by atoms with E-state index in [1.807, 2.05) is 66.0 Å². The SMILES string of the molecule is C[C@@H]([NH2+]C(c1ccccc1)c1ccccc1)C(=O)Nc1ccc(OC(F)(F)F)cc1. The van der Waals surface area contributed by atoms with Crippen molar-refractivity contribution in [3.63, 3.8) is 0 Å². The molecule has 156 valence electrons. The van der Waals surface area contributed by atoms with Crippen LogP contribution in [0.2, 0.25) is 0 Å². The smallest absolute Gasteiger partial charge is 0.406 e. The maximum atomic E-state index is 12.7. The Bertz CT molecular complexity index is 906. The summed E-state index contributed by atoms with van der Waals surface area (Å²) in [6.45, 7) is 1.79. The molecule has 1 amide bonds. The minimum atomic E-state index is -4.75. The molecule has 0 aromatic heterocycles. The Hall–Kier alpha value is -3.32. The third kappa shape index (κ3) is 6.09. The van der Waals surface area contributed by atoms with E-state index in [2.05, 4.69) is 10.1 Å². The first kappa shape index (κ1) is 21.4. The molecule has 0 bridgehead atoms. The molecule has 0 aliphatic heterocycles. The van der Waals surface area contributed by atoms with E-state index >= 15 is 0 Å². The third-order valence-corrected chi connectivity index (χ3v) is 4.57. The molecular weight excluding hydrogens is 393 g/mol. The summed E-state index contributed by atoms with van der Waals surface area (Å²) in [4.78, 5) is 12.7. The van der Waals surface area contributed by atoms with Crippen molar-refractivity contribution in [2.75, 3.05) is 5.32 Å². The lowest BCUT2D eigenvalue weighted by atomic mass is 9.98. The first-order valence-corrected chi connectivity index (χ1v) is 9.43. The van der Waals surface area contributed by atoms with Crippen molar-refractivity contribution in [2.45, 2.75) is 25.4 Å². The number of nitrogens with two attached hydrogens (primary N) is 1. The van der Waals surface area contributed by atoms with Gasteiger partial charge in [-0.3, -0.25) is 4.79 Å². The van der Waals surface area contributed by atoms with E-state index in [1.54, 1.807) is 6.92 Å². The van der Waals surface area contributed by atoms with Gasteiger partial charge in [0.1, 0.15) is 11.8 Å². The van der Waals surface area contributed by atoms with Crippen LogP contribution < -0.4 is 15.4 Å². The molecular formula is C23H22F3N2O2+. The van der Waals surface area contributed by atoms with Gasteiger partial charge in [0.15, 0.2) is 6.04 Å². The van der Waals surface area contributed by atoms with Crippen molar-refractivity contribution in [3.05, 3.63) is 96.1 Å². The lowest BCUT2D eigenvalue weighted by Crippen LogP contribution is -2.92. The van der Waals surface area contributed by atoms with Crippen LogP contribution in [0.25, 0.3) is 0 Å². The van der Waals surface area contributed by atoms with Crippen LogP contribution in [-0.2, 0) is 4.79 Å². The minimum absolute atomic E-state index is 0.0734. The first-order chi connectivity index (χ1) is 14.3. The van der Waals surface area contributed by atoms with Gasteiger partial charge in [0.2, 0.25) is 0 Å². The highest BCUT2D eigenvalue weighted by molar-refractivity contribution is 5.93. The Kier molecular flexibility index (Phi) is 6.74. The van der Waals surface area contributed by atoms with Crippen molar-refractivity contribution < 1.29 is 28.0 Å². The van der Waals surface area contributed by atoms with Gasteiger partial charge < -0.3 is 15.4 Å². The number of hydrogen-bond donors (Lipinski definition) is 2. The second-order valence-corrected chi connectivity index (χ2v) is 6.84. The van der Waals surface area contributed by atoms with Crippen LogP contribution in [0.3, 0.4) is 0 Å². The number of carbonyl (C=O) groups excluding carboxylic acids is 1. The lowest BCUT2D eigenvalue weighted by molar-refractivity contribution is -0.704. The summed E-state index contributed by atoms with van der Waals surface area (Å²) in [7, 11) is 0. The predicted octanol–water partition coefficient (Wildman–Crippen LogP) is 4.27. The summed E-state index contributed by atoms with van der Waals surface area (Å²) in [6.07, 6.45) is -4.75.